The third-order valence-electron chi connectivity index (χ3n) is 5.50. The van der Waals surface area contributed by atoms with Gasteiger partial charge in [-0.05, 0) is 56.1 Å². The summed E-state index contributed by atoms with van der Waals surface area (Å²) in [5.74, 6) is 0. The van der Waals surface area contributed by atoms with Crippen LogP contribution in [0.3, 0.4) is 0 Å². The van der Waals surface area contributed by atoms with Gasteiger partial charge in [0.2, 0.25) is 0 Å². The summed E-state index contributed by atoms with van der Waals surface area (Å²) in [6, 6.07) is 18.7. The third-order valence-corrected chi connectivity index (χ3v) is 5.50. The highest BCUT2D eigenvalue weighted by molar-refractivity contribution is 6.47. The first-order valence-electron chi connectivity index (χ1n) is 8.95. The fraction of sp³-hybridized carbons (Fsp3) is 0.273. The Morgan fingerprint density at radius 1 is 0.885 bits per heavy atom. The van der Waals surface area contributed by atoms with E-state index < -0.39 is 11.2 Å². The van der Waals surface area contributed by atoms with Crippen molar-refractivity contribution in [2.45, 2.75) is 38.9 Å². The Balaban J connectivity index is 1.74. The lowest BCUT2D eigenvalue weighted by Crippen LogP contribution is -2.49. The summed E-state index contributed by atoms with van der Waals surface area (Å²) in [6.45, 7) is 7.33. The van der Waals surface area contributed by atoms with Crippen molar-refractivity contribution in [1.82, 2.24) is 0 Å². The molecule has 4 aromatic rings. The minimum absolute atomic E-state index is 0.421. The molecule has 0 aliphatic carbocycles. The molecule has 0 aliphatic heterocycles. The number of furan rings is 1. The molecule has 0 saturated heterocycles. The molecule has 26 heavy (non-hydrogen) atoms. The number of benzene rings is 3. The van der Waals surface area contributed by atoms with Crippen LogP contribution in [0, 0.1) is 0 Å². The number of hydrogen-bond acceptors (Lipinski definition) is 3. The molecule has 0 aliphatic rings. The monoisotopic (exact) mass is 346 g/mol. The standard InChI is InChI=1S/C22H23BO3/c1-21(2,24)22(3,4)26-23-15-10-11-17-19(13-15)25-18-12-9-14-7-5-6-8-16(14)20(17)18/h5-13,23-24H,1-4H3. The second-order valence-electron chi connectivity index (χ2n) is 7.95. The lowest BCUT2D eigenvalue weighted by Gasteiger charge is -2.37. The van der Waals surface area contributed by atoms with Crippen molar-refractivity contribution in [1.29, 1.82) is 0 Å². The van der Waals surface area contributed by atoms with Crippen LogP contribution in [0.2, 0.25) is 0 Å². The summed E-state index contributed by atoms with van der Waals surface area (Å²) in [4.78, 5) is 0. The summed E-state index contributed by atoms with van der Waals surface area (Å²) in [6.07, 6.45) is 0. The van der Waals surface area contributed by atoms with E-state index in [2.05, 4.69) is 42.5 Å². The van der Waals surface area contributed by atoms with Crippen LogP contribution < -0.4 is 5.46 Å². The van der Waals surface area contributed by atoms with Crippen LogP contribution in [-0.4, -0.2) is 23.8 Å². The van der Waals surface area contributed by atoms with E-state index in [1.54, 1.807) is 13.8 Å². The molecule has 3 aromatic carbocycles. The molecule has 0 unspecified atom stereocenters. The molecular weight excluding hydrogens is 323 g/mol. The summed E-state index contributed by atoms with van der Waals surface area (Å²) in [5.41, 5.74) is 1.21. The third kappa shape index (κ3) is 2.79. The summed E-state index contributed by atoms with van der Waals surface area (Å²) in [5, 5.41) is 14.9. The van der Waals surface area contributed by atoms with Crippen molar-refractivity contribution in [3.63, 3.8) is 0 Å². The second-order valence-corrected chi connectivity index (χ2v) is 7.95. The van der Waals surface area contributed by atoms with Gasteiger partial charge in [0.1, 0.15) is 11.2 Å². The van der Waals surface area contributed by atoms with Gasteiger partial charge in [-0.1, -0.05) is 42.5 Å². The fourth-order valence-corrected chi connectivity index (χ4v) is 3.12. The molecule has 132 valence electrons. The Labute approximate surface area is 153 Å². The first-order valence-corrected chi connectivity index (χ1v) is 8.95. The average molecular weight is 346 g/mol. The minimum Gasteiger partial charge on any atom is -0.456 e. The second kappa shape index (κ2) is 5.87. The lowest BCUT2D eigenvalue weighted by atomic mass is 9.82. The SMILES string of the molecule is CC(C)(O)C(C)(C)OBc1ccc2c(c1)oc1ccc3ccccc3c12. The predicted molar refractivity (Wildman–Crippen MR) is 109 cm³/mol. The molecule has 0 spiro atoms. The Hall–Kier alpha value is -2.30. The van der Waals surface area contributed by atoms with Crippen LogP contribution in [0.1, 0.15) is 27.7 Å². The van der Waals surface area contributed by atoms with Gasteiger partial charge in [-0.25, -0.2) is 0 Å². The summed E-state index contributed by atoms with van der Waals surface area (Å²) < 4.78 is 12.1. The van der Waals surface area contributed by atoms with E-state index in [-0.39, 0.29) is 0 Å². The van der Waals surface area contributed by atoms with Gasteiger partial charge in [0.25, 0.3) is 0 Å². The molecule has 1 N–H and O–H groups in total. The zero-order valence-electron chi connectivity index (χ0n) is 15.7. The topological polar surface area (TPSA) is 42.6 Å². The maximum atomic E-state index is 10.2. The highest BCUT2D eigenvalue weighted by Crippen LogP contribution is 2.34. The van der Waals surface area contributed by atoms with Crippen molar-refractivity contribution in [3.05, 3.63) is 54.6 Å². The van der Waals surface area contributed by atoms with Crippen molar-refractivity contribution in [2.24, 2.45) is 0 Å². The van der Waals surface area contributed by atoms with Gasteiger partial charge in [-0.15, -0.1) is 0 Å². The Morgan fingerprint density at radius 2 is 1.65 bits per heavy atom. The molecule has 4 heteroatoms. The van der Waals surface area contributed by atoms with Crippen LogP contribution in [0.25, 0.3) is 32.7 Å². The van der Waals surface area contributed by atoms with E-state index in [1.807, 2.05) is 26.0 Å². The van der Waals surface area contributed by atoms with Crippen LogP contribution in [-0.2, 0) is 4.65 Å². The highest BCUT2D eigenvalue weighted by Gasteiger charge is 2.35. The highest BCUT2D eigenvalue weighted by atomic mass is 16.5. The quantitative estimate of drug-likeness (QED) is 0.561. The number of aliphatic hydroxyl groups is 1. The van der Waals surface area contributed by atoms with Gasteiger partial charge >= 0.3 is 7.48 Å². The smallest absolute Gasteiger partial charge is 0.309 e. The maximum Gasteiger partial charge on any atom is 0.309 e. The van der Waals surface area contributed by atoms with Crippen LogP contribution in [0.4, 0.5) is 0 Å². The van der Waals surface area contributed by atoms with Gasteiger partial charge in [0.15, 0.2) is 0 Å². The van der Waals surface area contributed by atoms with E-state index in [0.29, 0.717) is 7.48 Å². The lowest BCUT2D eigenvalue weighted by molar-refractivity contribution is -0.0893. The van der Waals surface area contributed by atoms with E-state index in [4.69, 9.17) is 9.07 Å². The van der Waals surface area contributed by atoms with Gasteiger partial charge in [0.05, 0.1) is 11.2 Å². The Bertz CT molecular complexity index is 1100. The van der Waals surface area contributed by atoms with Crippen LogP contribution >= 0.6 is 0 Å². The molecule has 0 radical (unpaired) electrons. The largest absolute Gasteiger partial charge is 0.456 e. The van der Waals surface area contributed by atoms with E-state index in [1.165, 1.54) is 10.8 Å². The molecular formula is C22H23BO3. The van der Waals surface area contributed by atoms with Crippen LogP contribution in [0.5, 0.6) is 0 Å². The number of hydrogen-bond donors (Lipinski definition) is 1. The normalized spacial score (nSPS) is 13.0. The number of rotatable bonds is 4. The van der Waals surface area contributed by atoms with Gasteiger partial charge in [0, 0.05) is 10.8 Å². The molecule has 0 bridgehead atoms. The molecule has 1 aromatic heterocycles. The zero-order chi connectivity index (χ0) is 18.5. The molecule has 1 heterocycles. The van der Waals surface area contributed by atoms with E-state index >= 15 is 0 Å². The maximum absolute atomic E-state index is 10.2. The average Bonchev–Trinajstić information content (AvgIpc) is 2.97. The van der Waals surface area contributed by atoms with Crippen LogP contribution in [0.15, 0.2) is 59.0 Å². The van der Waals surface area contributed by atoms with E-state index in [0.717, 1.165) is 27.4 Å². The molecule has 3 nitrogen and oxygen atoms in total. The zero-order valence-corrected chi connectivity index (χ0v) is 15.7. The molecule has 0 saturated carbocycles. The fourth-order valence-electron chi connectivity index (χ4n) is 3.12. The van der Waals surface area contributed by atoms with Crippen molar-refractivity contribution in [2.75, 3.05) is 0 Å². The molecule has 0 amide bonds. The van der Waals surface area contributed by atoms with E-state index in [9.17, 15) is 5.11 Å². The number of fused-ring (bicyclic) bond motifs is 5. The summed E-state index contributed by atoms with van der Waals surface area (Å²) >= 11 is 0. The van der Waals surface area contributed by atoms with Gasteiger partial charge in [-0.2, -0.15) is 0 Å². The molecule has 4 rings (SSSR count). The Morgan fingerprint density at radius 3 is 2.42 bits per heavy atom. The van der Waals surface area contributed by atoms with Crippen molar-refractivity contribution >= 4 is 45.7 Å². The van der Waals surface area contributed by atoms with Gasteiger partial charge in [-0.3, -0.25) is 0 Å². The van der Waals surface area contributed by atoms with Gasteiger partial charge < -0.3 is 14.2 Å². The predicted octanol–water partition coefficient (Wildman–Crippen LogP) is 4.28. The minimum atomic E-state index is -0.921. The Kier molecular flexibility index (Phi) is 3.87. The molecule has 0 fully saturated rings. The first kappa shape index (κ1) is 17.1. The van der Waals surface area contributed by atoms with Crippen molar-refractivity contribution < 1.29 is 14.2 Å². The summed E-state index contributed by atoms with van der Waals surface area (Å²) in [7, 11) is 0.421. The first-order chi connectivity index (χ1) is 12.3. The molecule has 0 atom stereocenters. The van der Waals surface area contributed by atoms with Crippen molar-refractivity contribution in [3.8, 4) is 0 Å².